The van der Waals surface area contributed by atoms with Gasteiger partial charge in [-0.3, -0.25) is 4.79 Å². The van der Waals surface area contributed by atoms with Gasteiger partial charge in [0.1, 0.15) is 0 Å². The van der Waals surface area contributed by atoms with E-state index in [4.69, 9.17) is 9.84 Å². The predicted octanol–water partition coefficient (Wildman–Crippen LogP) is 2.00. The highest BCUT2D eigenvalue weighted by atomic mass is 16.5. The maximum absolute atomic E-state index is 11.8. The van der Waals surface area contributed by atoms with Crippen LogP contribution in [0.3, 0.4) is 0 Å². The zero-order valence-corrected chi connectivity index (χ0v) is 12.0. The zero-order chi connectivity index (χ0) is 15.1. The molecule has 1 fully saturated rings. The van der Waals surface area contributed by atoms with Crippen molar-refractivity contribution in [2.24, 2.45) is 0 Å². The summed E-state index contributed by atoms with van der Waals surface area (Å²) in [4.78, 5) is 22.9. The van der Waals surface area contributed by atoms with Crippen LogP contribution in [0, 0.1) is 0 Å². The zero-order valence-electron chi connectivity index (χ0n) is 12.0. The molecule has 1 saturated carbocycles. The molecule has 0 saturated heterocycles. The van der Waals surface area contributed by atoms with Crippen LogP contribution in [0.2, 0.25) is 0 Å². The summed E-state index contributed by atoms with van der Waals surface area (Å²) in [6, 6.07) is 6.56. The Hall–Kier alpha value is -1.88. The Labute approximate surface area is 124 Å². The number of carboxylic acids is 1. The SMILES string of the molecule is O=C(Cc1ccccc1C(=O)O)NCCOC1CCCC1. The molecule has 0 bridgehead atoms. The summed E-state index contributed by atoms with van der Waals surface area (Å²) >= 11 is 0. The molecule has 1 aliphatic rings. The van der Waals surface area contributed by atoms with Gasteiger partial charge >= 0.3 is 5.97 Å². The first-order valence-electron chi connectivity index (χ1n) is 7.36. The molecule has 5 heteroatoms. The van der Waals surface area contributed by atoms with Crippen LogP contribution >= 0.6 is 0 Å². The number of aromatic carboxylic acids is 1. The molecule has 0 aliphatic heterocycles. The van der Waals surface area contributed by atoms with Crippen molar-refractivity contribution < 1.29 is 19.4 Å². The van der Waals surface area contributed by atoms with Crippen LogP contribution in [0.4, 0.5) is 0 Å². The van der Waals surface area contributed by atoms with Crippen LogP contribution in [0.1, 0.15) is 41.6 Å². The topological polar surface area (TPSA) is 75.6 Å². The first kappa shape index (κ1) is 15.5. The molecule has 2 N–H and O–H groups in total. The molecule has 5 nitrogen and oxygen atoms in total. The number of carboxylic acid groups (broad SMARTS) is 1. The maximum atomic E-state index is 11.8. The highest BCUT2D eigenvalue weighted by Gasteiger charge is 2.15. The van der Waals surface area contributed by atoms with E-state index in [1.165, 1.54) is 18.9 Å². The third kappa shape index (κ3) is 4.86. The molecule has 0 unspecified atom stereocenters. The van der Waals surface area contributed by atoms with Crippen LogP contribution in [0.5, 0.6) is 0 Å². The lowest BCUT2D eigenvalue weighted by atomic mass is 10.0. The summed E-state index contributed by atoms with van der Waals surface area (Å²) in [6.07, 6.45) is 5.09. The monoisotopic (exact) mass is 291 g/mol. The molecule has 0 atom stereocenters. The number of nitrogens with one attached hydrogen (secondary N) is 1. The van der Waals surface area contributed by atoms with Crippen molar-refractivity contribution in [3.63, 3.8) is 0 Å². The molecule has 0 spiro atoms. The highest BCUT2D eigenvalue weighted by molar-refractivity contribution is 5.91. The fourth-order valence-electron chi connectivity index (χ4n) is 2.59. The first-order chi connectivity index (χ1) is 10.2. The van der Waals surface area contributed by atoms with Crippen molar-refractivity contribution in [1.29, 1.82) is 0 Å². The molecule has 21 heavy (non-hydrogen) atoms. The lowest BCUT2D eigenvalue weighted by molar-refractivity contribution is -0.120. The number of amides is 1. The van der Waals surface area contributed by atoms with E-state index >= 15 is 0 Å². The van der Waals surface area contributed by atoms with Crippen molar-refractivity contribution in [2.45, 2.75) is 38.2 Å². The largest absolute Gasteiger partial charge is 0.478 e. The Morgan fingerprint density at radius 1 is 1.24 bits per heavy atom. The summed E-state index contributed by atoms with van der Waals surface area (Å²) in [5, 5.41) is 11.8. The molecule has 1 aliphatic carbocycles. The van der Waals surface area contributed by atoms with E-state index in [-0.39, 0.29) is 17.9 Å². The quantitative estimate of drug-likeness (QED) is 0.753. The van der Waals surface area contributed by atoms with E-state index in [2.05, 4.69) is 5.32 Å². The van der Waals surface area contributed by atoms with E-state index < -0.39 is 5.97 Å². The fraction of sp³-hybridized carbons (Fsp3) is 0.500. The Morgan fingerprint density at radius 3 is 2.67 bits per heavy atom. The van der Waals surface area contributed by atoms with E-state index in [0.717, 1.165) is 12.8 Å². The minimum Gasteiger partial charge on any atom is -0.478 e. The van der Waals surface area contributed by atoms with Crippen LogP contribution in [0.25, 0.3) is 0 Å². The van der Waals surface area contributed by atoms with Crippen LogP contribution in [-0.2, 0) is 16.0 Å². The van der Waals surface area contributed by atoms with Crippen LogP contribution < -0.4 is 5.32 Å². The van der Waals surface area contributed by atoms with Crippen molar-refractivity contribution in [2.75, 3.05) is 13.2 Å². The van der Waals surface area contributed by atoms with Gasteiger partial charge in [0.05, 0.1) is 24.7 Å². The molecule has 0 aromatic heterocycles. The van der Waals surface area contributed by atoms with Gasteiger partial charge in [0.2, 0.25) is 5.91 Å². The Balaban J connectivity index is 1.73. The standard InChI is InChI=1S/C16H21NO4/c18-15(17-9-10-21-13-6-2-3-7-13)11-12-5-1-4-8-14(12)16(19)20/h1,4-5,8,13H,2-3,6-7,9-11H2,(H,17,18)(H,19,20). The number of benzene rings is 1. The van der Waals surface area contributed by atoms with Gasteiger partial charge in [0.15, 0.2) is 0 Å². The molecule has 1 aromatic rings. The molecule has 1 aromatic carbocycles. The van der Waals surface area contributed by atoms with Crippen LogP contribution in [0.15, 0.2) is 24.3 Å². The second-order valence-corrected chi connectivity index (χ2v) is 5.27. The Bertz CT molecular complexity index is 495. The molecule has 2 rings (SSSR count). The van der Waals surface area contributed by atoms with Gasteiger partial charge in [-0.1, -0.05) is 31.0 Å². The van der Waals surface area contributed by atoms with Gasteiger partial charge < -0.3 is 15.2 Å². The molecule has 1 amide bonds. The summed E-state index contributed by atoms with van der Waals surface area (Å²) < 4.78 is 5.66. The van der Waals surface area contributed by atoms with Crippen molar-refractivity contribution in [3.05, 3.63) is 35.4 Å². The van der Waals surface area contributed by atoms with E-state index in [0.29, 0.717) is 24.8 Å². The number of ether oxygens (including phenoxy) is 1. The summed E-state index contributed by atoms with van der Waals surface area (Å²) in [5.41, 5.74) is 0.703. The first-order valence-corrected chi connectivity index (χ1v) is 7.36. The third-order valence-electron chi connectivity index (χ3n) is 3.68. The van der Waals surface area contributed by atoms with Crippen molar-refractivity contribution in [3.8, 4) is 0 Å². The van der Waals surface area contributed by atoms with E-state index in [1.807, 2.05) is 0 Å². The summed E-state index contributed by atoms with van der Waals surface area (Å²) in [7, 11) is 0. The van der Waals surface area contributed by atoms with Crippen molar-refractivity contribution >= 4 is 11.9 Å². The number of hydrogen-bond donors (Lipinski definition) is 2. The summed E-state index contributed by atoms with van der Waals surface area (Å²) in [5.74, 6) is -1.19. The predicted molar refractivity (Wildman–Crippen MR) is 78.3 cm³/mol. The van der Waals surface area contributed by atoms with Gasteiger partial charge in [0, 0.05) is 6.54 Å². The number of carbonyl (C=O) groups excluding carboxylic acids is 1. The fourth-order valence-corrected chi connectivity index (χ4v) is 2.59. The molecule has 0 heterocycles. The highest BCUT2D eigenvalue weighted by Crippen LogP contribution is 2.20. The van der Waals surface area contributed by atoms with Crippen LogP contribution in [-0.4, -0.2) is 36.2 Å². The lowest BCUT2D eigenvalue weighted by Crippen LogP contribution is -2.30. The molecular weight excluding hydrogens is 270 g/mol. The average Bonchev–Trinajstić information content (AvgIpc) is 2.97. The second kappa shape index (κ2) is 7.78. The molecule has 114 valence electrons. The van der Waals surface area contributed by atoms with Gasteiger partial charge in [0.25, 0.3) is 0 Å². The van der Waals surface area contributed by atoms with Gasteiger partial charge in [-0.25, -0.2) is 4.79 Å². The lowest BCUT2D eigenvalue weighted by Gasteiger charge is -2.12. The minimum absolute atomic E-state index is 0.0753. The average molecular weight is 291 g/mol. The Morgan fingerprint density at radius 2 is 1.95 bits per heavy atom. The van der Waals surface area contributed by atoms with Gasteiger partial charge in [-0.2, -0.15) is 0 Å². The minimum atomic E-state index is -1.01. The molecular formula is C16H21NO4. The smallest absolute Gasteiger partial charge is 0.335 e. The van der Waals surface area contributed by atoms with Gasteiger partial charge in [-0.15, -0.1) is 0 Å². The van der Waals surface area contributed by atoms with Gasteiger partial charge in [-0.05, 0) is 24.5 Å². The maximum Gasteiger partial charge on any atom is 0.335 e. The number of hydrogen-bond acceptors (Lipinski definition) is 3. The third-order valence-corrected chi connectivity index (χ3v) is 3.68. The number of rotatable bonds is 7. The second-order valence-electron chi connectivity index (χ2n) is 5.27. The number of carbonyl (C=O) groups is 2. The normalized spacial score (nSPS) is 15.0. The summed E-state index contributed by atoms with van der Waals surface area (Å²) in [6.45, 7) is 0.974. The van der Waals surface area contributed by atoms with Crippen molar-refractivity contribution in [1.82, 2.24) is 5.32 Å². The van der Waals surface area contributed by atoms with E-state index in [9.17, 15) is 9.59 Å². The van der Waals surface area contributed by atoms with E-state index in [1.54, 1.807) is 18.2 Å². The molecule has 0 radical (unpaired) electrons. The Kier molecular flexibility index (Phi) is 5.75.